The molecule has 3 aliphatic carbocycles. The van der Waals surface area contributed by atoms with Crippen molar-refractivity contribution in [2.45, 2.75) is 68.6 Å². The zero-order valence-electron chi connectivity index (χ0n) is 19.2. The number of ether oxygens (including phenoxy) is 1. The molecule has 2 aromatic carbocycles. The van der Waals surface area contributed by atoms with Crippen LogP contribution in [0.25, 0.3) is 4.85 Å². The summed E-state index contributed by atoms with van der Waals surface area (Å²) < 4.78 is 6.40. The normalized spacial score (nSPS) is 26.7. The number of nitrogens with zero attached hydrogens (tertiary/aromatic N) is 2. The molecule has 1 heterocycles. The number of amides is 1. The maximum Gasteiger partial charge on any atom is 0.251 e. The van der Waals surface area contributed by atoms with E-state index in [9.17, 15) is 9.90 Å². The van der Waals surface area contributed by atoms with Crippen LogP contribution in [0.15, 0.2) is 42.5 Å². The molecule has 4 fully saturated rings. The van der Waals surface area contributed by atoms with Crippen LogP contribution in [0.3, 0.4) is 0 Å². The van der Waals surface area contributed by atoms with Gasteiger partial charge in [-0.1, -0.05) is 17.7 Å². The molecule has 0 aromatic heterocycles. The van der Waals surface area contributed by atoms with Crippen molar-refractivity contribution in [2.75, 3.05) is 18.0 Å². The monoisotopic (exact) mass is 479 g/mol. The second-order valence-electron chi connectivity index (χ2n) is 10.0. The highest BCUT2D eigenvalue weighted by Crippen LogP contribution is 2.49. The number of aliphatic hydroxyl groups is 1. The van der Waals surface area contributed by atoms with E-state index >= 15 is 0 Å². The predicted molar refractivity (Wildman–Crippen MR) is 133 cm³/mol. The fourth-order valence-corrected chi connectivity index (χ4v) is 5.86. The minimum atomic E-state index is -0.223. The Morgan fingerprint density at radius 1 is 1.06 bits per heavy atom. The van der Waals surface area contributed by atoms with Gasteiger partial charge < -0.3 is 20.1 Å². The summed E-state index contributed by atoms with van der Waals surface area (Å²) in [7, 11) is 0. The van der Waals surface area contributed by atoms with Crippen LogP contribution in [-0.2, 0) is 0 Å². The predicted octanol–water partition coefficient (Wildman–Crippen LogP) is 5.51. The molecule has 3 saturated carbocycles. The molecule has 0 radical (unpaired) electrons. The van der Waals surface area contributed by atoms with Crippen molar-refractivity contribution in [3.63, 3.8) is 0 Å². The second-order valence-corrected chi connectivity index (χ2v) is 10.4. The highest BCUT2D eigenvalue weighted by molar-refractivity contribution is 6.33. The Morgan fingerprint density at radius 2 is 1.71 bits per heavy atom. The molecule has 0 unspecified atom stereocenters. The molecule has 0 atom stereocenters. The number of halogens is 1. The number of hydrogen-bond donors (Lipinski definition) is 2. The van der Waals surface area contributed by atoms with E-state index in [0.717, 1.165) is 70.1 Å². The fourth-order valence-electron chi connectivity index (χ4n) is 5.64. The summed E-state index contributed by atoms with van der Waals surface area (Å²) in [5.41, 5.74) is 1.82. The van der Waals surface area contributed by atoms with E-state index in [2.05, 4.69) is 15.1 Å². The van der Waals surface area contributed by atoms with Crippen LogP contribution in [-0.4, -0.2) is 41.3 Å². The van der Waals surface area contributed by atoms with Crippen LogP contribution in [0, 0.1) is 6.57 Å². The third-order valence-electron chi connectivity index (χ3n) is 7.89. The number of aliphatic hydroxyl groups excluding tert-OH is 1. The second kappa shape index (κ2) is 9.13. The van der Waals surface area contributed by atoms with E-state index in [4.69, 9.17) is 22.9 Å². The molecule has 1 amide bonds. The molecule has 2 bridgehead atoms. The number of anilines is 1. The van der Waals surface area contributed by atoms with Gasteiger partial charge in [0, 0.05) is 29.9 Å². The number of nitrogens with one attached hydrogen (secondary N) is 1. The van der Waals surface area contributed by atoms with Crippen molar-refractivity contribution in [1.29, 1.82) is 0 Å². The van der Waals surface area contributed by atoms with Gasteiger partial charge in [0.05, 0.1) is 17.7 Å². The van der Waals surface area contributed by atoms with Gasteiger partial charge in [0.1, 0.15) is 11.4 Å². The van der Waals surface area contributed by atoms with E-state index in [1.54, 1.807) is 12.1 Å². The Labute approximate surface area is 205 Å². The standard InChI is InChI=1S/C27H30ClN3O3/c1-29-24-7-6-22(18-23(24)28)34-27-13-10-26(11-14-27,12-15-27)30-25(33)19-2-4-20(5-3-19)31-16-8-21(32)9-17-31/h2-7,18,21,32H,8-17H2,(H,30,33). The maximum atomic E-state index is 13.1. The molecule has 178 valence electrons. The quantitative estimate of drug-likeness (QED) is 0.555. The SMILES string of the molecule is [C-]#[N+]c1ccc(OC23CCC(NC(=O)c4ccc(N5CCC(O)CC5)cc4)(CC2)CC3)cc1Cl. The first-order chi connectivity index (χ1) is 16.4. The lowest BCUT2D eigenvalue weighted by Gasteiger charge is -2.53. The molecule has 6 rings (SSSR count). The van der Waals surface area contributed by atoms with Crippen LogP contribution < -0.4 is 15.0 Å². The molecule has 7 heteroatoms. The van der Waals surface area contributed by atoms with Crippen molar-refractivity contribution in [3.8, 4) is 5.75 Å². The first-order valence-corrected chi connectivity index (χ1v) is 12.5. The number of hydrogen-bond acceptors (Lipinski definition) is 4. The molecule has 2 aromatic rings. The number of carbonyl (C=O) groups excluding carboxylic acids is 1. The smallest absolute Gasteiger partial charge is 0.251 e. The Kier molecular flexibility index (Phi) is 6.18. The van der Waals surface area contributed by atoms with Gasteiger partial charge in [0.2, 0.25) is 5.69 Å². The topological polar surface area (TPSA) is 66.2 Å². The number of benzene rings is 2. The summed E-state index contributed by atoms with van der Waals surface area (Å²) in [5, 5.41) is 13.5. The van der Waals surface area contributed by atoms with Crippen molar-refractivity contribution in [2.24, 2.45) is 0 Å². The fraction of sp³-hybridized carbons (Fsp3) is 0.481. The van der Waals surface area contributed by atoms with Crippen LogP contribution >= 0.6 is 11.6 Å². The van der Waals surface area contributed by atoms with Crippen molar-refractivity contribution in [3.05, 3.63) is 64.5 Å². The van der Waals surface area contributed by atoms with E-state index in [0.29, 0.717) is 22.0 Å². The van der Waals surface area contributed by atoms with E-state index < -0.39 is 0 Å². The summed E-state index contributed by atoms with van der Waals surface area (Å²) in [4.78, 5) is 18.7. The average molecular weight is 480 g/mol. The number of rotatable bonds is 5. The van der Waals surface area contributed by atoms with Gasteiger partial charge in [-0.05, 0) is 87.8 Å². The molecular formula is C27H30ClN3O3. The lowest BCUT2D eigenvalue weighted by Crippen LogP contribution is -2.60. The number of carbonyl (C=O) groups is 1. The molecule has 0 spiro atoms. The largest absolute Gasteiger partial charge is 0.487 e. The van der Waals surface area contributed by atoms with Crippen molar-refractivity contribution < 1.29 is 14.6 Å². The van der Waals surface area contributed by atoms with Crippen LogP contribution in [0.2, 0.25) is 5.02 Å². The summed E-state index contributed by atoms with van der Waals surface area (Å²) in [6.45, 7) is 8.83. The zero-order valence-corrected chi connectivity index (χ0v) is 20.0. The van der Waals surface area contributed by atoms with Gasteiger partial charge >= 0.3 is 0 Å². The first-order valence-electron chi connectivity index (χ1n) is 12.1. The van der Waals surface area contributed by atoms with Gasteiger partial charge in [0.15, 0.2) is 0 Å². The maximum absolute atomic E-state index is 13.1. The zero-order chi connectivity index (χ0) is 23.8. The minimum absolute atomic E-state index is 0.0163. The summed E-state index contributed by atoms with van der Waals surface area (Å²) in [6, 6.07) is 13.1. The van der Waals surface area contributed by atoms with Gasteiger partial charge in [-0.15, -0.1) is 0 Å². The number of fused-ring (bicyclic) bond motifs is 3. The molecule has 1 saturated heterocycles. The summed E-state index contributed by atoms with van der Waals surface area (Å²) >= 11 is 6.19. The Bertz CT molecular complexity index is 1080. The lowest BCUT2D eigenvalue weighted by atomic mass is 9.63. The van der Waals surface area contributed by atoms with Gasteiger partial charge in [-0.25, -0.2) is 4.85 Å². The molecular weight excluding hydrogens is 450 g/mol. The first kappa shape index (κ1) is 23.0. The lowest BCUT2D eigenvalue weighted by molar-refractivity contribution is -0.0507. The third-order valence-corrected chi connectivity index (χ3v) is 8.19. The van der Waals surface area contributed by atoms with E-state index in [-0.39, 0.29) is 23.2 Å². The van der Waals surface area contributed by atoms with E-state index in [1.165, 1.54) is 0 Å². The Morgan fingerprint density at radius 3 is 2.29 bits per heavy atom. The minimum Gasteiger partial charge on any atom is -0.487 e. The van der Waals surface area contributed by atoms with E-state index in [1.807, 2.05) is 30.3 Å². The van der Waals surface area contributed by atoms with Gasteiger partial charge in [0.25, 0.3) is 5.91 Å². The Balaban J connectivity index is 1.19. The summed E-state index contributed by atoms with van der Waals surface area (Å²) in [6.07, 6.45) is 6.70. The molecule has 34 heavy (non-hydrogen) atoms. The summed E-state index contributed by atoms with van der Waals surface area (Å²) in [5.74, 6) is 0.691. The van der Waals surface area contributed by atoms with Gasteiger partial charge in [-0.2, -0.15) is 0 Å². The Hall–Kier alpha value is -2.75. The highest BCUT2D eigenvalue weighted by Gasteiger charge is 2.50. The molecule has 1 aliphatic heterocycles. The van der Waals surface area contributed by atoms with Crippen molar-refractivity contribution in [1.82, 2.24) is 5.32 Å². The third kappa shape index (κ3) is 4.60. The molecule has 2 N–H and O–H groups in total. The van der Waals surface area contributed by atoms with Crippen LogP contribution in [0.1, 0.15) is 61.7 Å². The van der Waals surface area contributed by atoms with Crippen LogP contribution in [0.5, 0.6) is 5.75 Å². The highest BCUT2D eigenvalue weighted by atomic mass is 35.5. The average Bonchev–Trinajstić information content (AvgIpc) is 2.86. The van der Waals surface area contributed by atoms with Crippen LogP contribution in [0.4, 0.5) is 11.4 Å². The molecule has 6 nitrogen and oxygen atoms in total. The molecule has 4 aliphatic rings. The number of piperidine rings is 1. The van der Waals surface area contributed by atoms with Gasteiger partial charge in [-0.3, -0.25) is 4.79 Å². The van der Waals surface area contributed by atoms with Crippen molar-refractivity contribution >= 4 is 28.9 Å².